The van der Waals surface area contributed by atoms with Crippen molar-refractivity contribution in [2.45, 2.75) is 11.4 Å². The van der Waals surface area contributed by atoms with E-state index in [2.05, 4.69) is 10.0 Å². The van der Waals surface area contributed by atoms with Gasteiger partial charge < -0.3 is 5.32 Å². The summed E-state index contributed by atoms with van der Waals surface area (Å²) in [5.41, 5.74) is 2.02. The number of halogens is 1. The van der Waals surface area contributed by atoms with E-state index < -0.39 is 31.8 Å². The van der Waals surface area contributed by atoms with Gasteiger partial charge in [-0.15, -0.1) is 0 Å². The molecule has 0 bridgehead atoms. The van der Waals surface area contributed by atoms with Crippen LogP contribution in [0.3, 0.4) is 0 Å². The van der Waals surface area contributed by atoms with Crippen molar-refractivity contribution < 1.29 is 26.0 Å². The first-order chi connectivity index (χ1) is 18.0. The molecule has 38 heavy (non-hydrogen) atoms. The molecule has 0 aliphatic carbocycles. The molecule has 8 nitrogen and oxygen atoms in total. The smallest absolute Gasteiger partial charge is 0.261 e. The summed E-state index contributed by atoms with van der Waals surface area (Å²) in [6, 6.07) is 25.7. The lowest BCUT2D eigenvalue weighted by Crippen LogP contribution is -2.29. The molecule has 2 N–H and O–H groups in total. The fourth-order valence-electron chi connectivity index (χ4n) is 3.58. The van der Waals surface area contributed by atoms with Crippen molar-refractivity contribution in [3.8, 4) is 0 Å². The minimum absolute atomic E-state index is 0.000950. The third-order valence-electron chi connectivity index (χ3n) is 5.51. The van der Waals surface area contributed by atoms with Crippen LogP contribution in [0.25, 0.3) is 0 Å². The van der Waals surface area contributed by atoms with Gasteiger partial charge in [0, 0.05) is 16.9 Å². The highest BCUT2D eigenvalue weighted by molar-refractivity contribution is 7.92. The lowest BCUT2D eigenvalue weighted by molar-refractivity contribution is 0.102. The summed E-state index contributed by atoms with van der Waals surface area (Å²) < 4.78 is 66.8. The number of sulfonamides is 2. The highest BCUT2D eigenvalue weighted by Crippen LogP contribution is 2.23. The maximum absolute atomic E-state index is 13.2. The van der Waals surface area contributed by atoms with Crippen molar-refractivity contribution in [2.75, 3.05) is 20.6 Å². The van der Waals surface area contributed by atoms with Crippen LogP contribution in [0.1, 0.15) is 15.9 Å². The monoisotopic (exact) mass is 553 g/mol. The maximum Gasteiger partial charge on any atom is 0.261 e. The van der Waals surface area contributed by atoms with Crippen LogP contribution in [-0.2, 0) is 26.6 Å². The minimum atomic E-state index is -3.80. The number of carbonyl (C=O) groups is 1. The van der Waals surface area contributed by atoms with E-state index in [1.54, 1.807) is 30.3 Å². The summed E-state index contributed by atoms with van der Waals surface area (Å²) in [6.45, 7) is -0.000950. The SMILES string of the molecule is CS(=O)(=O)N(Cc1ccc(F)cc1)c1ccc(C(=O)Nc2ccc(S(=O)(=O)Nc3ccccc3)cc2)cc1. The summed E-state index contributed by atoms with van der Waals surface area (Å²) in [6.07, 6.45) is 1.07. The molecule has 0 aliphatic rings. The molecule has 4 aromatic rings. The standard InChI is InChI=1S/C27H24FN3O5S2/c1-37(33,34)31(19-20-7-11-22(28)12-8-20)25-15-9-21(10-16-25)27(32)29-23-13-17-26(18-14-23)38(35,36)30-24-5-3-2-4-6-24/h2-18,30H,19H2,1H3,(H,29,32). The van der Waals surface area contributed by atoms with Crippen LogP contribution in [0.15, 0.2) is 108 Å². The average Bonchev–Trinajstić information content (AvgIpc) is 2.88. The fraction of sp³-hybridized carbons (Fsp3) is 0.0741. The Labute approximate surface area is 220 Å². The second kappa shape index (κ2) is 11.0. The van der Waals surface area contributed by atoms with Gasteiger partial charge in [0.2, 0.25) is 10.0 Å². The molecule has 0 aliphatic heterocycles. The Bertz CT molecular complexity index is 1630. The van der Waals surface area contributed by atoms with E-state index in [0.29, 0.717) is 22.6 Å². The van der Waals surface area contributed by atoms with Crippen molar-refractivity contribution in [3.05, 3.63) is 120 Å². The van der Waals surface area contributed by atoms with Gasteiger partial charge in [-0.2, -0.15) is 0 Å². The van der Waals surface area contributed by atoms with Crippen molar-refractivity contribution in [3.63, 3.8) is 0 Å². The molecule has 0 atom stereocenters. The van der Waals surface area contributed by atoms with Gasteiger partial charge in [0.25, 0.3) is 15.9 Å². The van der Waals surface area contributed by atoms with Crippen molar-refractivity contribution in [2.24, 2.45) is 0 Å². The molecule has 0 fully saturated rings. The largest absolute Gasteiger partial charge is 0.322 e. The highest BCUT2D eigenvalue weighted by atomic mass is 32.2. The molecular formula is C27H24FN3O5S2. The molecule has 11 heteroatoms. The molecule has 0 radical (unpaired) electrons. The number of benzene rings is 4. The first-order valence-corrected chi connectivity index (χ1v) is 14.7. The number of hydrogen-bond acceptors (Lipinski definition) is 5. The van der Waals surface area contributed by atoms with Gasteiger partial charge in [-0.3, -0.25) is 13.8 Å². The van der Waals surface area contributed by atoms with E-state index in [-0.39, 0.29) is 17.0 Å². The molecule has 1 amide bonds. The molecule has 0 spiro atoms. The van der Waals surface area contributed by atoms with Crippen molar-refractivity contribution >= 4 is 43.0 Å². The van der Waals surface area contributed by atoms with Crippen LogP contribution in [0.2, 0.25) is 0 Å². The molecule has 0 heterocycles. The Morgan fingerprint density at radius 3 is 1.95 bits per heavy atom. The summed E-state index contributed by atoms with van der Waals surface area (Å²) in [4.78, 5) is 12.8. The van der Waals surface area contributed by atoms with Crippen LogP contribution < -0.4 is 14.3 Å². The summed E-state index contributed by atoms with van der Waals surface area (Å²) >= 11 is 0. The van der Waals surface area contributed by atoms with Gasteiger partial charge in [0.05, 0.1) is 23.4 Å². The van der Waals surface area contributed by atoms with Gasteiger partial charge in [-0.1, -0.05) is 30.3 Å². The zero-order valence-corrected chi connectivity index (χ0v) is 21.8. The summed E-state index contributed by atoms with van der Waals surface area (Å²) in [5, 5.41) is 2.69. The second-order valence-electron chi connectivity index (χ2n) is 8.39. The zero-order valence-electron chi connectivity index (χ0n) is 20.2. The first-order valence-electron chi connectivity index (χ1n) is 11.3. The van der Waals surface area contributed by atoms with Crippen LogP contribution in [-0.4, -0.2) is 29.0 Å². The molecular weight excluding hydrogens is 529 g/mol. The molecule has 0 saturated heterocycles. The molecule has 0 saturated carbocycles. The number of anilines is 3. The number of carbonyl (C=O) groups excluding carboxylic acids is 1. The van der Waals surface area contributed by atoms with Gasteiger partial charge >= 0.3 is 0 Å². The van der Waals surface area contributed by atoms with Crippen molar-refractivity contribution in [1.29, 1.82) is 0 Å². The maximum atomic E-state index is 13.2. The van der Waals surface area contributed by atoms with Gasteiger partial charge in [0.15, 0.2) is 0 Å². The average molecular weight is 554 g/mol. The lowest BCUT2D eigenvalue weighted by Gasteiger charge is -2.22. The number of nitrogens with zero attached hydrogens (tertiary/aromatic N) is 1. The number of para-hydroxylation sites is 1. The fourth-order valence-corrected chi connectivity index (χ4v) is 5.52. The van der Waals surface area contributed by atoms with Crippen LogP contribution in [0.5, 0.6) is 0 Å². The number of rotatable bonds is 9. The molecule has 196 valence electrons. The molecule has 0 aromatic heterocycles. The van der Waals surface area contributed by atoms with Gasteiger partial charge in [-0.05, 0) is 78.4 Å². The zero-order chi connectivity index (χ0) is 27.3. The van der Waals surface area contributed by atoms with E-state index >= 15 is 0 Å². The number of hydrogen-bond donors (Lipinski definition) is 2. The molecule has 0 unspecified atom stereocenters. The minimum Gasteiger partial charge on any atom is -0.322 e. The third kappa shape index (κ3) is 6.75. The van der Waals surface area contributed by atoms with E-state index in [1.165, 1.54) is 72.8 Å². The Kier molecular flexibility index (Phi) is 7.79. The normalized spacial score (nSPS) is 11.5. The Hall–Kier alpha value is -4.22. The Morgan fingerprint density at radius 2 is 1.37 bits per heavy atom. The van der Waals surface area contributed by atoms with Crippen LogP contribution in [0.4, 0.5) is 21.5 Å². The summed E-state index contributed by atoms with van der Waals surface area (Å²) in [7, 11) is -7.45. The quantitative estimate of drug-likeness (QED) is 0.308. The highest BCUT2D eigenvalue weighted by Gasteiger charge is 2.19. The van der Waals surface area contributed by atoms with Crippen LogP contribution in [0, 0.1) is 5.82 Å². The molecule has 4 aromatic carbocycles. The second-order valence-corrected chi connectivity index (χ2v) is 12.0. The summed E-state index contributed by atoms with van der Waals surface area (Å²) in [5.74, 6) is -0.880. The van der Waals surface area contributed by atoms with Gasteiger partial charge in [0.1, 0.15) is 5.82 Å². The predicted octanol–water partition coefficient (Wildman–Crippen LogP) is 4.85. The van der Waals surface area contributed by atoms with Crippen molar-refractivity contribution in [1.82, 2.24) is 0 Å². The lowest BCUT2D eigenvalue weighted by atomic mass is 10.1. The Morgan fingerprint density at radius 1 is 0.763 bits per heavy atom. The van der Waals surface area contributed by atoms with E-state index in [4.69, 9.17) is 0 Å². The number of nitrogens with one attached hydrogen (secondary N) is 2. The third-order valence-corrected chi connectivity index (χ3v) is 8.04. The van der Waals surface area contributed by atoms with Crippen LogP contribution >= 0.6 is 0 Å². The number of amides is 1. The first kappa shape index (κ1) is 26.8. The Balaban J connectivity index is 1.44. The van der Waals surface area contributed by atoms with Gasteiger partial charge in [-0.25, -0.2) is 21.2 Å². The van der Waals surface area contributed by atoms with E-state index in [0.717, 1.165) is 10.6 Å². The molecule has 4 rings (SSSR count). The predicted molar refractivity (Wildman–Crippen MR) is 146 cm³/mol. The van der Waals surface area contributed by atoms with E-state index in [1.807, 2.05) is 0 Å². The van der Waals surface area contributed by atoms with E-state index in [9.17, 15) is 26.0 Å². The topological polar surface area (TPSA) is 113 Å².